The number of allylic oxidation sites excluding steroid dienone is 2. The number of hydrogen-bond donors (Lipinski definition) is 0. The summed E-state index contributed by atoms with van der Waals surface area (Å²) >= 11 is 0. The molecular formula is C20H36FN. The molecule has 1 nitrogen and oxygen atoms in total. The van der Waals surface area contributed by atoms with Crippen molar-refractivity contribution in [1.29, 1.82) is 0 Å². The summed E-state index contributed by atoms with van der Waals surface area (Å²) in [5.41, 5.74) is 2.09. The molecule has 22 heavy (non-hydrogen) atoms. The second-order valence-electron chi connectivity index (χ2n) is 7.90. The average Bonchev–Trinajstić information content (AvgIpc) is 3.07. The van der Waals surface area contributed by atoms with Crippen LogP contribution in [-0.4, -0.2) is 30.7 Å². The molecule has 1 aliphatic heterocycles. The number of alkyl halides is 1. The Labute approximate surface area is 137 Å². The fourth-order valence-electron chi connectivity index (χ4n) is 4.98. The van der Waals surface area contributed by atoms with Crippen LogP contribution in [0.2, 0.25) is 0 Å². The Morgan fingerprint density at radius 1 is 1.27 bits per heavy atom. The van der Waals surface area contributed by atoms with Gasteiger partial charge in [-0.3, -0.25) is 0 Å². The van der Waals surface area contributed by atoms with Crippen LogP contribution in [0.4, 0.5) is 4.39 Å². The lowest BCUT2D eigenvalue weighted by atomic mass is 9.68. The van der Waals surface area contributed by atoms with Gasteiger partial charge in [0.1, 0.15) is 6.17 Å². The van der Waals surface area contributed by atoms with Crippen LogP contribution in [0.5, 0.6) is 0 Å². The van der Waals surface area contributed by atoms with Gasteiger partial charge in [0.05, 0.1) is 0 Å². The zero-order chi connectivity index (χ0) is 16.2. The Morgan fingerprint density at radius 2 is 2.05 bits per heavy atom. The zero-order valence-electron chi connectivity index (χ0n) is 15.2. The van der Waals surface area contributed by atoms with E-state index in [0.29, 0.717) is 12.0 Å². The molecule has 1 heterocycles. The van der Waals surface area contributed by atoms with E-state index in [1.165, 1.54) is 38.5 Å². The van der Waals surface area contributed by atoms with Crippen molar-refractivity contribution in [3.8, 4) is 0 Å². The van der Waals surface area contributed by atoms with E-state index in [-0.39, 0.29) is 0 Å². The zero-order valence-corrected chi connectivity index (χ0v) is 15.2. The van der Waals surface area contributed by atoms with Gasteiger partial charge in [-0.15, -0.1) is 0 Å². The van der Waals surface area contributed by atoms with Crippen molar-refractivity contribution < 1.29 is 4.39 Å². The maximum absolute atomic E-state index is 13.2. The number of rotatable bonds is 7. The topological polar surface area (TPSA) is 3.24 Å². The Balaban J connectivity index is 1.77. The van der Waals surface area contributed by atoms with Crippen LogP contribution < -0.4 is 0 Å². The minimum atomic E-state index is -0.567. The lowest BCUT2D eigenvalue weighted by molar-refractivity contribution is 0.158. The van der Waals surface area contributed by atoms with E-state index < -0.39 is 6.17 Å². The van der Waals surface area contributed by atoms with Crippen molar-refractivity contribution in [2.24, 2.45) is 17.3 Å². The van der Waals surface area contributed by atoms with Gasteiger partial charge in [0, 0.05) is 13.1 Å². The van der Waals surface area contributed by atoms with Crippen LogP contribution in [0.1, 0.15) is 72.6 Å². The molecule has 2 heteroatoms. The number of nitrogens with zero attached hydrogens (tertiary/aromatic N) is 1. The van der Waals surface area contributed by atoms with E-state index >= 15 is 0 Å². The predicted molar refractivity (Wildman–Crippen MR) is 93.8 cm³/mol. The third kappa shape index (κ3) is 3.93. The maximum Gasteiger partial charge on any atom is 0.114 e. The summed E-state index contributed by atoms with van der Waals surface area (Å²) in [5.74, 6) is 1.67. The highest BCUT2D eigenvalue weighted by atomic mass is 19.1. The van der Waals surface area contributed by atoms with Crippen LogP contribution in [-0.2, 0) is 0 Å². The second kappa shape index (κ2) is 7.95. The summed E-state index contributed by atoms with van der Waals surface area (Å²) in [6, 6.07) is 0. The van der Waals surface area contributed by atoms with Crippen molar-refractivity contribution in [2.75, 3.05) is 19.6 Å². The molecule has 4 atom stereocenters. The van der Waals surface area contributed by atoms with Gasteiger partial charge in [-0.25, -0.2) is 4.39 Å². The van der Waals surface area contributed by atoms with Gasteiger partial charge < -0.3 is 4.90 Å². The van der Waals surface area contributed by atoms with Crippen LogP contribution in [0, 0.1) is 17.3 Å². The monoisotopic (exact) mass is 309 g/mol. The molecule has 2 fully saturated rings. The molecular weight excluding hydrogens is 273 g/mol. The van der Waals surface area contributed by atoms with E-state index in [9.17, 15) is 4.39 Å². The maximum atomic E-state index is 13.2. The minimum Gasteiger partial charge on any atom is -0.300 e. The molecule has 0 radical (unpaired) electrons. The van der Waals surface area contributed by atoms with Gasteiger partial charge in [0.2, 0.25) is 0 Å². The molecule has 1 saturated heterocycles. The Kier molecular flexibility index (Phi) is 6.49. The molecule has 0 aromatic rings. The van der Waals surface area contributed by atoms with Crippen molar-refractivity contribution in [3.05, 3.63) is 11.6 Å². The summed E-state index contributed by atoms with van der Waals surface area (Å²) in [5, 5.41) is 0. The highest BCUT2D eigenvalue weighted by Gasteiger charge is 2.44. The molecule has 2 rings (SSSR count). The fourth-order valence-corrected chi connectivity index (χ4v) is 4.98. The van der Waals surface area contributed by atoms with Crippen molar-refractivity contribution in [2.45, 2.75) is 78.8 Å². The molecule has 2 aliphatic rings. The molecule has 0 N–H and O–H groups in total. The average molecular weight is 310 g/mol. The van der Waals surface area contributed by atoms with Crippen molar-refractivity contribution in [3.63, 3.8) is 0 Å². The van der Waals surface area contributed by atoms with E-state index in [2.05, 4.69) is 38.7 Å². The molecule has 1 saturated carbocycles. The van der Waals surface area contributed by atoms with Crippen LogP contribution >= 0.6 is 0 Å². The first kappa shape index (κ1) is 18.0. The molecule has 4 unspecified atom stereocenters. The third-order valence-electron chi connectivity index (χ3n) is 6.79. The molecule has 0 amide bonds. The van der Waals surface area contributed by atoms with Crippen LogP contribution in [0.15, 0.2) is 11.6 Å². The molecule has 0 spiro atoms. The lowest BCUT2D eigenvalue weighted by Gasteiger charge is -2.37. The largest absolute Gasteiger partial charge is 0.300 e. The van der Waals surface area contributed by atoms with Gasteiger partial charge in [-0.05, 0) is 76.2 Å². The first-order valence-electron chi connectivity index (χ1n) is 9.50. The van der Waals surface area contributed by atoms with E-state index in [1.54, 1.807) is 5.57 Å². The quantitative estimate of drug-likeness (QED) is 0.436. The van der Waals surface area contributed by atoms with Crippen molar-refractivity contribution in [1.82, 2.24) is 4.90 Å². The Bertz CT molecular complexity index is 378. The van der Waals surface area contributed by atoms with Crippen molar-refractivity contribution >= 4 is 0 Å². The summed E-state index contributed by atoms with van der Waals surface area (Å²) in [4.78, 5) is 2.31. The predicted octanol–water partition coefficient (Wildman–Crippen LogP) is 5.61. The summed E-state index contributed by atoms with van der Waals surface area (Å²) in [6.07, 6.45) is 10.5. The first-order chi connectivity index (χ1) is 10.5. The van der Waals surface area contributed by atoms with Crippen LogP contribution in [0.25, 0.3) is 0 Å². The van der Waals surface area contributed by atoms with Gasteiger partial charge in [-0.1, -0.05) is 31.9 Å². The van der Waals surface area contributed by atoms with E-state index in [0.717, 1.165) is 31.3 Å². The van der Waals surface area contributed by atoms with E-state index in [4.69, 9.17) is 0 Å². The molecule has 0 aromatic carbocycles. The number of hydrogen-bond acceptors (Lipinski definition) is 1. The lowest BCUT2D eigenvalue weighted by Crippen LogP contribution is -2.29. The summed E-state index contributed by atoms with van der Waals surface area (Å²) in [6.45, 7) is 12.2. The normalized spacial score (nSPS) is 37.1. The molecule has 0 bridgehead atoms. The van der Waals surface area contributed by atoms with Crippen LogP contribution in [0.3, 0.4) is 0 Å². The first-order valence-corrected chi connectivity index (χ1v) is 9.50. The molecule has 1 aliphatic carbocycles. The minimum absolute atomic E-state index is 0.494. The standard InChI is InChI=1S/C20H36FN/c1-5-16(3)19-11-10-17(20(19,4)6-2)9-7-8-13-22-14-12-18(21)15-22/h5,17-19H,6-15H2,1-4H3/b16-5+. The van der Waals surface area contributed by atoms with Gasteiger partial charge in [0.15, 0.2) is 0 Å². The van der Waals surface area contributed by atoms with E-state index in [1.807, 2.05) is 0 Å². The summed E-state index contributed by atoms with van der Waals surface area (Å²) < 4.78 is 13.2. The number of halogens is 1. The highest BCUT2D eigenvalue weighted by Crippen LogP contribution is 2.54. The van der Waals surface area contributed by atoms with Gasteiger partial charge in [-0.2, -0.15) is 0 Å². The summed E-state index contributed by atoms with van der Waals surface area (Å²) in [7, 11) is 0. The smallest absolute Gasteiger partial charge is 0.114 e. The molecule has 0 aromatic heterocycles. The highest BCUT2D eigenvalue weighted by molar-refractivity contribution is 5.11. The third-order valence-corrected chi connectivity index (χ3v) is 6.79. The Morgan fingerprint density at radius 3 is 2.64 bits per heavy atom. The number of likely N-dealkylation sites (tertiary alicyclic amines) is 1. The molecule has 128 valence electrons. The van der Waals surface area contributed by atoms with Gasteiger partial charge >= 0.3 is 0 Å². The number of unbranched alkanes of at least 4 members (excludes halogenated alkanes) is 1. The SMILES string of the molecule is C/C=C(\C)C1CCC(CCCCN2CCC(F)C2)C1(C)CC. The fraction of sp³-hybridized carbons (Fsp3) is 0.900. The Hall–Kier alpha value is -0.370. The van der Waals surface area contributed by atoms with Gasteiger partial charge in [0.25, 0.3) is 0 Å². The second-order valence-corrected chi connectivity index (χ2v) is 7.90.